The fraction of sp³-hybridized carbons (Fsp3) is 0.273. The molecule has 0 atom stereocenters. The Morgan fingerprint density at radius 1 is 1.25 bits per heavy atom. The number of aromatic nitrogens is 1. The van der Waals surface area contributed by atoms with Gasteiger partial charge in [0.25, 0.3) is 0 Å². The molecule has 0 bridgehead atoms. The van der Waals surface area contributed by atoms with Gasteiger partial charge in [-0.15, -0.1) is 0 Å². The van der Waals surface area contributed by atoms with Crippen molar-refractivity contribution in [3.05, 3.63) is 35.5 Å². The second-order valence-corrected chi connectivity index (χ2v) is 3.62. The molecule has 1 aromatic heterocycles. The Bertz CT molecular complexity index is 499. The minimum atomic E-state index is -4.29. The van der Waals surface area contributed by atoms with Gasteiger partial charge in [0.1, 0.15) is 0 Å². The third-order valence-electron chi connectivity index (χ3n) is 2.37. The highest BCUT2D eigenvalue weighted by Gasteiger charge is 2.30. The Kier molecular flexibility index (Phi) is 2.63. The zero-order chi connectivity index (χ0) is 11.8. The summed E-state index contributed by atoms with van der Waals surface area (Å²) in [6.45, 7) is 0.607. The predicted molar refractivity (Wildman–Crippen MR) is 56.1 cm³/mol. The summed E-state index contributed by atoms with van der Waals surface area (Å²) in [6, 6.07) is 5.55. The summed E-state index contributed by atoms with van der Waals surface area (Å²) in [5.74, 6) is 0. The number of fused-ring (bicyclic) bond motifs is 1. The van der Waals surface area contributed by atoms with E-state index in [2.05, 4.69) is 10.3 Å². The number of H-pyrrole nitrogens is 1. The molecule has 16 heavy (non-hydrogen) atoms. The molecule has 0 fully saturated rings. The standard InChI is InChI=1S/C11H11F3N2/c1-15-6-9-4-7-2-3-8(11(12,13)14)5-10(7)16-9/h2-5,15-16H,6H2,1H3. The van der Waals surface area contributed by atoms with Crippen molar-refractivity contribution in [1.82, 2.24) is 10.3 Å². The van der Waals surface area contributed by atoms with E-state index in [9.17, 15) is 13.2 Å². The quantitative estimate of drug-likeness (QED) is 0.812. The lowest BCUT2D eigenvalue weighted by Crippen LogP contribution is -2.05. The zero-order valence-electron chi connectivity index (χ0n) is 8.65. The van der Waals surface area contributed by atoms with E-state index in [4.69, 9.17) is 0 Å². The first-order valence-corrected chi connectivity index (χ1v) is 4.84. The number of hydrogen-bond acceptors (Lipinski definition) is 1. The molecule has 0 unspecified atom stereocenters. The fourth-order valence-corrected chi connectivity index (χ4v) is 1.65. The van der Waals surface area contributed by atoms with E-state index in [1.54, 1.807) is 7.05 Å². The van der Waals surface area contributed by atoms with E-state index < -0.39 is 11.7 Å². The SMILES string of the molecule is CNCc1cc2ccc(C(F)(F)F)cc2[nH]1. The van der Waals surface area contributed by atoms with Crippen molar-refractivity contribution in [3.8, 4) is 0 Å². The van der Waals surface area contributed by atoms with E-state index in [1.807, 2.05) is 6.07 Å². The van der Waals surface area contributed by atoms with E-state index in [0.29, 0.717) is 12.1 Å². The molecule has 2 nitrogen and oxygen atoms in total. The van der Waals surface area contributed by atoms with Gasteiger partial charge in [0, 0.05) is 17.8 Å². The van der Waals surface area contributed by atoms with Gasteiger partial charge in [-0.05, 0) is 30.6 Å². The highest BCUT2D eigenvalue weighted by molar-refractivity contribution is 5.81. The first kappa shape index (κ1) is 11.0. The van der Waals surface area contributed by atoms with Crippen molar-refractivity contribution in [2.24, 2.45) is 0 Å². The van der Waals surface area contributed by atoms with Crippen LogP contribution < -0.4 is 5.32 Å². The minimum absolute atomic E-state index is 0.514. The molecule has 0 aliphatic heterocycles. The zero-order valence-corrected chi connectivity index (χ0v) is 8.65. The van der Waals surface area contributed by atoms with Gasteiger partial charge in [-0.2, -0.15) is 13.2 Å². The molecule has 2 rings (SSSR count). The molecule has 1 heterocycles. The van der Waals surface area contributed by atoms with Crippen LogP contribution in [0, 0.1) is 0 Å². The molecule has 1 aromatic carbocycles. The largest absolute Gasteiger partial charge is 0.416 e. The van der Waals surface area contributed by atoms with Gasteiger partial charge in [0.2, 0.25) is 0 Å². The van der Waals surface area contributed by atoms with E-state index in [0.717, 1.165) is 23.2 Å². The van der Waals surface area contributed by atoms with E-state index in [-0.39, 0.29) is 0 Å². The number of aromatic amines is 1. The Morgan fingerprint density at radius 2 is 2.00 bits per heavy atom. The monoisotopic (exact) mass is 228 g/mol. The first-order valence-electron chi connectivity index (χ1n) is 4.84. The third kappa shape index (κ3) is 2.04. The molecule has 0 amide bonds. The highest BCUT2D eigenvalue weighted by atomic mass is 19.4. The highest BCUT2D eigenvalue weighted by Crippen LogP contribution is 2.31. The summed E-state index contributed by atoms with van der Waals surface area (Å²) in [5, 5.41) is 3.73. The molecule has 2 aromatic rings. The van der Waals surface area contributed by atoms with Crippen LogP contribution in [0.5, 0.6) is 0 Å². The molecule has 5 heteroatoms. The second-order valence-electron chi connectivity index (χ2n) is 3.62. The van der Waals surface area contributed by atoms with Gasteiger partial charge >= 0.3 is 6.18 Å². The smallest absolute Gasteiger partial charge is 0.357 e. The van der Waals surface area contributed by atoms with Crippen LogP contribution in [0.1, 0.15) is 11.3 Å². The number of benzene rings is 1. The van der Waals surface area contributed by atoms with Gasteiger partial charge < -0.3 is 10.3 Å². The van der Waals surface area contributed by atoms with Crippen molar-refractivity contribution in [2.45, 2.75) is 12.7 Å². The summed E-state index contributed by atoms with van der Waals surface area (Å²) >= 11 is 0. The average molecular weight is 228 g/mol. The van der Waals surface area contributed by atoms with Crippen molar-refractivity contribution in [2.75, 3.05) is 7.05 Å². The predicted octanol–water partition coefficient (Wildman–Crippen LogP) is 2.91. The Morgan fingerprint density at radius 3 is 2.62 bits per heavy atom. The van der Waals surface area contributed by atoms with Gasteiger partial charge in [-0.3, -0.25) is 0 Å². The summed E-state index contributed by atoms with van der Waals surface area (Å²) in [4.78, 5) is 2.95. The number of hydrogen-bond donors (Lipinski definition) is 2. The lowest BCUT2D eigenvalue weighted by atomic mass is 10.1. The molecular weight excluding hydrogens is 217 g/mol. The fourth-order valence-electron chi connectivity index (χ4n) is 1.65. The third-order valence-corrected chi connectivity index (χ3v) is 2.37. The summed E-state index contributed by atoms with van der Waals surface area (Å²) in [5.41, 5.74) is 0.759. The summed E-state index contributed by atoms with van der Waals surface area (Å²) in [7, 11) is 1.78. The topological polar surface area (TPSA) is 27.8 Å². The first-order chi connectivity index (χ1) is 7.50. The summed E-state index contributed by atoms with van der Waals surface area (Å²) < 4.78 is 37.3. The molecule has 0 radical (unpaired) electrons. The maximum Gasteiger partial charge on any atom is 0.416 e. The molecule has 0 aliphatic rings. The van der Waals surface area contributed by atoms with Crippen LogP contribution >= 0.6 is 0 Å². The van der Waals surface area contributed by atoms with Crippen LogP contribution in [-0.2, 0) is 12.7 Å². The van der Waals surface area contributed by atoms with Crippen LogP contribution in [0.2, 0.25) is 0 Å². The van der Waals surface area contributed by atoms with Gasteiger partial charge in [-0.25, -0.2) is 0 Å². The van der Waals surface area contributed by atoms with E-state index >= 15 is 0 Å². The molecule has 86 valence electrons. The normalized spacial score (nSPS) is 12.2. The van der Waals surface area contributed by atoms with Gasteiger partial charge in [0.15, 0.2) is 0 Å². The maximum atomic E-state index is 12.4. The van der Waals surface area contributed by atoms with Crippen molar-refractivity contribution in [1.29, 1.82) is 0 Å². The van der Waals surface area contributed by atoms with Crippen LogP contribution in [0.25, 0.3) is 10.9 Å². The lowest BCUT2D eigenvalue weighted by molar-refractivity contribution is -0.137. The molecule has 0 aliphatic carbocycles. The molecular formula is C11H11F3N2. The lowest BCUT2D eigenvalue weighted by Gasteiger charge is -2.05. The maximum absolute atomic E-state index is 12.4. The Balaban J connectivity index is 2.46. The average Bonchev–Trinajstić information content (AvgIpc) is 2.57. The van der Waals surface area contributed by atoms with Crippen molar-refractivity contribution < 1.29 is 13.2 Å². The summed E-state index contributed by atoms with van der Waals surface area (Å²) in [6.07, 6.45) is -4.29. The number of alkyl halides is 3. The Hall–Kier alpha value is -1.49. The van der Waals surface area contributed by atoms with Crippen LogP contribution in [0.3, 0.4) is 0 Å². The van der Waals surface area contributed by atoms with Crippen molar-refractivity contribution >= 4 is 10.9 Å². The number of halogens is 3. The molecule has 2 N–H and O–H groups in total. The number of nitrogens with one attached hydrogen (secondary N) is 2. The molecule has 0 saturated carbocycles. The van der Waals surface area contributed by atoms with E-state index in [1.165, 1.54) is 6.07 Å². The Labute approximate surface area is 90.5 Å². The van der Waals surface area contributed by atoms with Gasteiger partial charge in [-0.1, -0.05) is 6.07 Å². The molecule has 0 saturated heterocycles. The van der Waals surface area contributed by atoms with Crippen molar-refractivity contribution in [3.63, 3.8) is 0 Å². The number of rotatable bonds is 2. The van der Waals surface area contributed by atoms with Crippen LogP contribution in [-0.4, -0.2) is 12.0 Å². The minimum Gasteiger partial charge on any atom is -0.357 e. The van der Waals surface area contributed by atoms with Crippen LogP contribution in [0.4, 0.5) is 13.2 Å². The van der Waals surface area contributed by atoms with Crippen LogP contribution in [0.15, 0.2) is 24.3 Å². The second kappa shape index (κ2) is 3.83. The van der Waals surface area contributed by atoms with Gasteiger partial charge in [0.05, 0.1) is 5.56 Å². The molecule has 0 spiro atoms.